The van der Waals surface area contributed by atoms with Gasteiger partial charge >= 0.3 is 0 Å². The van der Waals surface area contributed by atoms with E-state index >= 15 is 0 Å². The number of hydrogen-bond donors (Lipinski definition) is 1. The van der Waals surface area contributed by atoms with E-state index < -0.39 is 0 Å². The van der Waals surface area contributed by atoms with E-state index in [2.05, 4.69) is 20.1 Å². The Hall–Kier alpha value is -2.26. The molecule has 1 saturated carbocycles. The number of carbonyl (C=O) groups is 1. The van der Waals surface area contributed by atoms with Crippen molar-refractivity contribution >= 4 is 23.4 Å². The van der Waals surface area contributed by atoms with Gasteiger partial charge in [0.05, 0.1) is 32.1 Å². The number of nitrogens with one attached hydrogen (secondary N) is 1. The molecule has 1 saturated heterocycles. The van der Waals surface area contributed by atoms with Crippen LogP contribution in [0.25, 0.3) is 0 Å². The summed E-state index contributed by atoms with van der Waals surface area (Å²) in [5, 5.41) is 13.1. The van der Waals surface area contributed by atoms with Crippen molar-refractivity contribution in [3.63, 3.8) is 0 Å². The molecule has 32 heavy (non-hydrogen) atoms. The molecule has 2 heterocycles. The minimum Gasteiger partial charge on any atom is -0.497 e. The Morgan fingerprint density at radius 1 is 1.25 bits per heavy atom. The number of nitrogens with zero attached hydrogens (tertiary/aromatic N) is 4. The summed E-state index contributed by atoms with van der Waals surface area (Å²) in [6, 6.07) is 8.27. The largest absolute Gasteiger partial charge is 0.497 e. The van der Waals surface area contributed by atoms with Gasteiger partial charge < -0.3 is 24.3 Å². The number of carbonyl (C=O) groups excluding carboxylic acids is 1. The third-order valence-corrected chi connectivity index (χ3v) is 7.19. The lowest BCUT2D eigenvalue weighted by Gasteiger charge is -2.29. The molecule has 2 aliphatic rings. The summed E-state index contributed by atoms with van der Waals surface area (Å²) in [7, 11) is 1.67. The van der Waals surface area contributed by atoms with Crippen molar-refractivity contribution in [1.29, 1.82) is 0 Å². The van der Waals surface area contributed by atoms with Crippen LogP contribution in [0.4, 0.5) is 5.69 Å². The normalized spacial score (nSPS) is 18.4. The van der Waals surface area contributed by atoms with Crippen molar-refractivity contribution in [2.45, 2.75) is 62.0 Å². The smallest absolute Gasteiger partial charge is 0.236 e. The van der Waals surface area contributed by atoms with Gasteiger partial charge in [0, 0.05) is 30.9 Å². The van der Waals surface area contributed by atoms with Crippen LogP contribution in [-0.2, 0) is 16.1 Å². The summed E-state index contributed by atoms with van der Waals surface area (Å²) in [4.78, 5) is 14.8. The Labute approximate surface area is 194 Å². The number of hydrogen-bond acceptors (Lipinski definition) is 7. The van der Waals surface area contributed by atoms with Gasteiger partial charge in [-0.05, 0) is 31.9 Å². The number of ether oxygens (including phenoxy) is 2. The predicted octanol–water partition coefficient (Wildman–Crippen LogP) is 3.74. The van der Waals surface area contributed by atoms with Crippen LogP contribution in [0.5, 0.6) is 5.75 Å². The fraction of sp³-hybridized carbons (Fsp3) is 0.609. The molecule has 174 valence electrons. The number of aromatic nitrogens is 3. The van der Waals surface area contributed by atoms with Gasteiger partial charge in [0.2, 0.25) is 5.91 Å². The maximum absolute atomic E-state index is 12.9. The monoisotopic (exact) mass is 459 g/mol. The molecule has 2 aromatic rings. The lowest BCUT2D eigenvalue weighted by Crippen LogP contribution is -2.44. The molecule has 9 heteroatoms. The van der Waals surface area contributed by atoms with Gasteiger partial charge in [-0.3, -0.25) is 4.79 Å². The summed E-state index contributed by atoms with van der Waals surface area (Å²) >= 11 is 1.52. The molecule has 8 nitrogen and oxygen atoms in total. The predicted molar refractivity (Wildman–Crippen MR) is 125 cm³/mol. The Morgan fingerprint density at radius 2 is 2.03 bits per heavy atom. The molecule has 4 rings (SSSR count). The molecular weight excluding hydrogens is 426 g/mol. The maximum atomic E-state index is 12.9. The van der Waals surface area contributed by atoms with E-state index in [4.69, 9.17) is 9.47 Å². The molecule has 1 aromatic heterocycles. The number of morpholine rings is 1. The van der Waals surface area contributed by atoms with E-state index in [0.717, 1.165) is 35.3 Å². The van der Waals surface area contributed by atoms with Crippen LogP contribution in [0.2, 0.25) is 0 Å². The van der Waals surface area contributed by atoms with Gasteiger partial charge in [0.25, 0.3) is 0 Å². The van der Waals surface area contributed by atoms with Crippen LogP contribution < -0.4 is 10.1 Å². The summed E-state index contributed by atoms with van der Waals surface area (Å²) < 4.78 is 13.0. The van der Waals surface area contributed by atoms with Gasteiger partial charge in [-0.25, -0.2) is 0 Å². The summed E-state index contributed by atoms with van der Waals surface area (Å²) in [5.41, 5.74) is 0.979. The van der Waals surface area contributed by atoms with Crippen LogP contribution in [0.1, 0.15) is 50.9 Å². The highest BCUT2D eigenvalue weighted by Crippen LogP contribution is 2.34. The quantitative estimate of drug-likeness (QED) is 0.602. The van der Waals surface area contributed by atoms with E-state index in [0.29, 0.717) is 38.9 Å². The highest BCUT2D eigenvalue weighted by Gasteiger charge is 2.28. The zero-order valence-electron chi connectivity index (χ0n) is 19.0. The van der Waals surface area contributed by atoms with Crippen molar-refractivity contribution in [2.75, 3.05) is 38.7 Å². The molecule has 1 aliphatic carbocycles. The Balaban J connectivity index is 1.50. The summed E-state index contributed by atoms with van der Waals surface area (Å²) in [6.45, 7) is 5.09. The molecule has 0 bridgehead atoms. The number of rotatable bonds is 8. The molecule has 1 amide bonds. The second-order valence-electron chi connectivity index (χ2n) is 8.34. The van der Waals surface area contributed by atoms with Gasteiger partial charge in [-0.2, -0.15) is 0 Å². The van der Waals surface area contributed by atoms with E-state index in [-0.39, 0.29) is 11.2 Å². The van der Waals surface area contributed by atoms with Crippen LogP contribution in [0.15, 0.2) is 29.4 Å². The summed E-state index contributed by atoms with van der Waals surface area (Å²) in [5.74, 6) is 1.87. The highest BCUT2D eigenvalue weighted by atomic mass is 32.2. The van der Waals surface area contributed by atoms with Crippen LogP contribution >= 0.6 is 11.8 Å². The molecule has 1 aliphatic heterocycles. The Kier molecular flexibility index (Phi) is 7.91. The molecule has 1 aromatic carbocycles. The van der Waals surface area contributed by atoms with Gasteiger partial charge in [-0.1, -0.05) is 37.1 Å². The second-order valence-corrected chi connectivity index (χ2v) is 9.65. The molecule has 0 spiro atoms. The van der Waals surface area contributed by atoms with Crippen molar-refractivity contribution in [1.82, 2.24) is 19.7 Å². The molecular formula is C23H33N5O3S. The highest BCUT2D eigenvalue weighted by molar-refractivity contribution is 8.00. The van der Waals surface area contributed by atoms with E-state index in [1.165, 1.54) is 31.0 Å². The van der Waals surface area contributed by atoms with Crippen molar-refractivity contribution in [2.24, 2.45) is 0 Å². The average molecular weight is 460 g/mol. The van der Waals surface area contributed by atoms with Crippen LogP contribution in [0.3, 0.4) is 0 Å². The number of thioether (sulfide) groups is 1. The Morgan fingerprint density at radius 3 is 2.78 bits per heavy atom. The zero-order valence-corrected chi connectivity index (χ0v) is 19.8. The first-order valence-corrected chi connectivity index (χ1v) is 12.4. The fourth-order valence-corrected chi connectivity index (χ4v) is 5.40. The first-order chi connectivity index (χ1) is 15.7. The molecule has 1 atom stereocenters. The Bertz CT molecular complexity index is 894. The molecule has 0 radical (unpaired) electrons. The lowest BCUT2D eigenvalue weighted by atomic mass is 9.95. The topological polar surface area (TPSA) is 81.5 Å². The number of anilines is 1. The van der Waals surface area contributed by atoms with Crippen LogP contribution in [0, 0.1) is 0 Å². The molecule has 2 fully saturated rings. The molecule has 1 unspecified atom stereocenters. The second kappa shape index (κ2) is 11.0. The number of benzene rings is 1. The third-order valence-electron chi connectivity index (χ3n) is 6.15. The summed E-state index contributed by atoms with van der Waals surface area (Å²) in [6.07, 6.45) is 5.98. The van der Waals surface area contributed by atoms with E-state index in [9.17, 15) is 4.79 Å². The van der Waals surface area contributed by atoms with Crippen molar-refractivity contribution in [3.8, 4) is 5.75 Å². The standard InChI is InChI=1S/C23H33N5O3S/c1-17(22(29)27-11-13-31-14-12-27)32-23-26-25-21(28(23)19-8-4-3-5-9-19)16-24-18-7-6-10-20(15-18)30-2/h6-7,10,15,17,19,24H,3-5,8-9,11-14,16H2,1-2H3. The third kappa shape index (κ3) is 5.56. The van der Waals surface area contributed by atoms with Gasteiger partial charge in [0.15, 0.2) is 11.0 Å². The lowest BCUT2D eigenvalue weighted by molar-refractivity contribution is -0.134. The number of amides is 1. The molecule has 1 N–H and O–H groups in total. The fourth-order valence-electron chi connectivity index (χ4n) is 4.38. The first kappa shape index (κ1) is 22.9. The van der Waals surface area contributed by atoms with E-state index in [1.54, 1.807) is 7.11 Å². The zero-order chi connectivity index (χ0) is 22.3. The average Bonchev–Trinajstić information content (AvgIpc) is 3.25. The van der Waals surface area contributed by atoms with Crippen LogP contribution in [-0.4, -0.2) is 64.2 Å². The van der Waals surface area contributed by atoms with Gasteiger partial charge in [0.1, 0.15) is 5.75 Å². The van der Waals surface area contributed by atoms with Crippen molar-refractivity contribution < 1.29 is 14.3 Å². The van der Waals surface area contributed by atoms with Crippen molar-refractivity contribution in [3.05, 3.63) is 30.1 Å². The minimum atomic E-state index is -0.209. The maximum Gasteiger partial charge on any atom is 0.236 e. The first-order valence-electron chi connectivity index (χ1n) is 11.5. The van der Waals surface area contributed by atoms with Gasteiger partial charge in [-0.15, -0.1) is 10.2 Å². The minimum absolute atomic E-state index is 0.146. The van der Waals surface area contributed by atoms with E-state index in [1.807, 2.05) is 36.1 Å². The SMILES string of the molecule is COc1cccc(NCc2nnc(SC(C)C(=O)N3CCOCC3)n2C2CCCCC2)c1. The number of methoxy groups -OCH3 is 1.